The maximum Gasteiger partial charge on any atom is 0.172 e. The summed E-state index contributed by atoms with van der Waals surface area (Å²) >= 11 is 0. The molecule has 5 rings (SSSR count). The smallest absolute Gasteiger partial charge is 0.172 e. The van der Waals surface area contributed by atoms with Crippen molar-refractivity contribution in [2.45, 2.75) is 52.0 Å². The van der Waals surface area contributed by atoms with Crippen LogP contribution in [0.5, 0.6) is 5.75 Å². The van der Waals surface area contributed by atoms with E-state index in [4.69, 9.17) is 0 Å². The zero-order valence-electron chi connectivity index (χ0n) is 18.8. The highest BCUT2D eigenvalue weighted by atomic mass is 16.3. The van der Waals surface area contributed by atoms with Crippen LogP contribution in [0.4, 0.5) is 5.82 Å². The van der Waals surface area contributed by atoms with Crippen LogP contribution in [0.1, 0.15) is 57.3 Å². The second-order valence-corrected chi connectivity index (χ2v) is 10.1. The van der Waals surface area contributed by atoms with Gasteiger partial charge in [-0.05, 0) is 89.3 Å². The number of nitrogens with one attached hydrogen (secondary N) is 1. The number of fused-ring (bicyclic) bond motifs is 2. The number of anilines is 1. The number of benzene rings is 1. The molecule has 2 N–H and O–H groups in total. The van der Waals surface area contributed by atoms with Crippen molar-refractivity contribution in [2.24, 2.45) is 10.8 Å². The lowest BCUT2D eigenvalue weighted by Gasteiger charge is -2.44. The molecule has 2 saturated carbocycles. The molecule has 3 atom stereocenters. The Balaban J connectivity index is 1.31. The summed E-state index contributed by atoms with van der Waals surface area (Å²) in [5.74, 6) is 1.59. The Morgan fingerprint density at radius 2 is 1.81 bits per heavy atom. The first-order chi connectivity index (χ1) is 15.3. The Bertz CT molecular complexity index is 1110. The molecule has 32 heavy (non-hydrogen) atoms. The van der Waals surface area contributed by atoms with E-state index in [0.717, 1.165) is 11.4 Å². The number of aromatic hydroxyl groups is 1. The third-order valence-electron chi connectivity index (χ3n) is 7.30. The quantitative estimate of drug-likeness (QED) is 0.620. The van der Waals surface area contributed by atoms with Crippen LogP contribution in [-0.2, 0) is 0 Å². The molecule has 0 aliphatic heterocycles. The number of hydrogen-bond acceptors (Lipinski definition) is 7. The summed E-state index contributed by atoms with van der Waals surface area (Å²) in [5.41, 5.74) is 3.04. The zero-order valence-corrected chi connectivity index (χ0v) is 18.8. The van der Waals surface area contributed by atoms with Crippen LogP contribution in [0.15, 0.2) is 30.3 Å². The van der Waals surface area contributed by atoms with Gasteiger partial charge in [-0.25, -0.2) is 5.10 Å². The van der Waals surface area contributed by atoms with Crippen LogP contribution in [-0.4, -0.2) is 49.0 Å². The highest BCUT2D eigenvalue weighted by molar-refractivity contribution is 5.73. The minimum atomic E-state index is 0.156. The third-order valence-corrected chi connectivity index (χ3v) is 7.30. The van der Waals surface area contributed by atoms with E-state index in [-0.39, 0.29) is 5.75 Å². The Labute approximate surface area is 187 Å². The molecule has 8 heteroatoms. The molecule has 0 spiro atoms. The lowest BCUT2D eigenvalue weighted by molar-refractivity contribution is 0.148. The summed E-state index contributed by atoms with van der Waals surface area (Å²) in [6.45, 7) is 4.88. The summed E-state index contributed by atoms with van der Waals surface area (Å²) in [5, 5.41) is 33.0. The minimum absolute atomic E-state index is 0.156. The molecule has 2 aliphatic carbocycles. The van der Waals surface area contributed by atoms with Crippen LogP contribution >= 0.6 is 0 Å². The molecule has 166 valence electrons. The van der Waals surface area contributed by atoms with Crippen molar-refractivity contribution < 1.29 is 5.11 Å². The highest BCUT2D eigenvalue weighted by Crippen LogP contribution is 2.58. The van der Waals surface area contributed by atoms with Gasteiger partial charge in [0.2, 0.25) is 0 Å². The van der Waals surface area contributed by atoms with E-state index in [2.05, 4.69) is 56.6 Å². The third kappa shape index (κ3) is 3.97. The molecule has 2 bridgehead atoms. The van der Waals surface area contributed by atoms with E-state index in [0.29, 0.717) is 34.0 Å². The van der Waals surface area contributed by atoms with Gasteiger partial charge in [-0.3, -0.25) is 0 Å². The molecule has 1 aromatic carbocycles. The summed E-state index contributed by atoms with van der Waals surface area (Å²) < 4.78 is 0. The van der Waals surface area contributed by atoms with Gasteiger partial charge >= 0.3 is 0 Å². The highest BCUT2D eigenvalue weighted by Gasteiger charge is 2.49. The maximum atomic E-state index is 10.5. The van der Waals surface area contributed by atoms with Crippen LogP contribution in [0.2, 0.25) is 0 Å². The van der Waals surface area contributed by atoms with Crippen molar-refractivity contribution in [3.05, 3.63) is 41.7 Å². The minimum Gasteiger partial charge on any atom is -0.507 e. The molecule has 3 aromatic rings. The molecular weight excluding hydrogens is 402 g/mol. The Kier molecular flexibility index (Phi) is 4.95. The monoisotopic (exact) mass is 431 g/mol. The number of tetrazole rings is 1. The second kappa shape index (κ2) is 7.69. The fourth-order valence-electron chi connectivity index (χ4n) is 5.77. The van der Waals surface area contributed by atoms with Gasteiger partial charge in [-0.2, -0.15) is 0 Å². The summed E-state index contributed by atoms with van der Waals surface area (Å²) in [6, 6.07) is 9.88. The van der Waals surface area contributed by atoms with Crippen LogP contribution < -0.4 is 4.90 Å². The van der Waals surface area contributed by atoms with Gasteiger partial charge in [0.05, 0.1) is 5.69 Å². The average Bonchev–Trinajstić information content (AvgIpc) is 3.37. The van der Waals surface area contributed by atoms with E-state index < -0.39 is 0 Å². The predicted molar refractivity (Wildman–Crippen MR) is 124 cm³/mol. The number of phenolic OH excluding ortho intramolecular Hbond substituents is 1. The topological polar surface area (TPSA) is 104 Å². The van der Waals surface area contributed by atoms with Crippen molar-refractivity contribution >= 4 is 18.0 Å². The van der Waals surface area contributed by atoms with Crippen molar-refractivity contribution in [2.75, 3.05) is 11.9 Å². The van der Waals surface area contributed by atoms with E-state index in [1.807, 2.05) is 30.3 Å². The Morgan fingerprint density at radius 1 is 1.03 bits per heavy atom. The van der Waals surface area contributed by atoms with Gasteiger partial charge in [0.25, 0.3) is 0 Å². The molecule has 0 unspecified atom stereocenters. The molecule has 0 radical (unpaired) electrons. The number of phenols is 1. The van der Waals surface area contributed by atoms with E-state index in [1.165, 1.54) is 32.1 Å². The van der Waals surface area contributed by atoms with Crippen molar-refractivity contribution in [3.63, 3.8) is 0 Å². The molecule has 2 fully saturated rings. The number of aromatic amines is 1. The van der Waals surface area contributed by atoms with E-state index >= 15 is 0 Å². The number of aromatic nitrogens is 6. The lowest BCUT2D eigenvalue weighted by Crippen LogP contribution is -2.42. The van der Waals surface area contributed by atoms with Crippen molar-refractivity contribution in [1.82, 2.24) is 30.8 Å². The van der Waals surface area contributed by atoms with Gasteiger partial charge in [0.15, 0.2) is 11.6 Å². The molecule has 0 amide bonds. The zero-order chi connectivity index (χ0) is 22.3. The molecule has 2 aromatic heterocycles. The lowest BCUT2D eigenvalue weighted by atomic mass is 9.68. The molecule has 0 saturated heterocycles. The van der Waals surface area contributed by atoms with Crippen molar-refractivity contribution in [1.29, 1.82) is 0 Å². The normalized spacial score (nSPS) is 27.2. The van der Waals surface area contributed by atoms with Crippen LogP contribution in [0, 0.1) is 10.8 Å². The van der Waals surface area contributed by atoms with Crippen molar-refractivity contribution in [3.8, 4) is 17.0 Å². The second-order valence-electron chi connectivity index (χ2n) is 10.1. The van der Waals surface area contributed by atoms with Gasteiger partial charge in [0, 0.05) is 18.7 Å². The number of H-pyrrole nitrogens is 1. The average molecular weight is 432 g/mol. The van der Waals surface area contributed by atoms with Gasteiger partial charge in [-0.1, -0.05) is 26.0 Å². The van der Waals surface area contributed by atoms with E-state index in [1.54, 1.807) is 12.1 Å². The molecule has 2 aliphatic rings. The summed E-state index contributed by atoms with van der Waals surface area (Å²) in [4.78, 5) is 2.30. The van der Waals surface area contributed by atoms with E-state index in [9.17, 15) is 5.11 Å². The largest absolute Gasteiger partial charge is 0.507 e. The fourth-order valence-corrected chi connectivity index (χ4v) is 5.77. The SMILES string of the molecule is CN(c1ccc(-c2ccc(/C=C/c3nnn[nH]3)cc2O)nn1)[C@H]1C[C@]2(C)CC[C@](C)(C1)C2. The molecule has 2 heterocycles. The molecular formula is C24H29N7O. The number of hydrogen-bond donors (Lipinski definition) is 2. The van der Waals surface area contributed by atoms with Gasteiger partial charge < -0.3 is 10.0 Å². The Hall–Kier alpha value is -3.29. The first-order valence-electron chi connectivity index (χ1n) is 11.1. The first kappa shape index (κ1) is 20.6. The van der Waals surface area contributed by atoms with Crippen LogP contribution in [0.3, 0.4) is 0 Å². The Morgan fingerprint density at radius 3 is 2.44 bits per heavy atom. The van der Waals surface area contributed by atoms with Gasteiger partial charge in [0.1, 0.15) is 5.75 Å². The number of nitrogens with zero attached hydrogens (tertiary/aromatic N) is 6. The fraction of sp³-hybridized carbons (Fsp3) is 0.458. The number of rotatable bonds is 5. The summed E-state index contributed by atoms with van der Waals surface area (Å²) in [7, 11) is 2.13. The summed E-state index contributed by atoms with van der Waals surface area (Å²) in [6.07, 6.45) is 10.0. The van der Waals surface area contributed by atoms with Crippen LogP contribution in [0.25, 0.3) is 23.4 Å². The standard InChI is InChI=1S/C24H29N7O/c1-23-10-11-24(2,15-23)14-17(13-23)31(3)22-9-7-19(25-28-22)18-6-4-16(12-20(18)32)5-8-21-26-29-30-27-21/h4-9,12,17,32H,10-11,13-15H2,1-3H3,(H,26,27,29,30)/b8-5+/t17-,23-,24+. The maximum absolute atomic E-state index is 10.5. The first-order valence-corrected chi connectivity index (χ1v) is 11.1. The van der Waals surface area contributed by atoms with Gasteiger partial charge in [-0.15, -0.1) is 15.3 Å². The molecule has 8 nitrogen and oxygen atoms in total. The predicted octanol–water partition coefficient (Wildman–Crippen LogP) is 4.33.